The van der Waals surface area contributed by atoms with Crippen LogP contribution in [0.5, 0.6) is 0 Å². The second-order valence-electron chi connectivity index (χ2n) is 4.34. The van der Waals surface area contributed by atoms with Gasteiger partial charge in [-0.1, -0.05) is 26.7 Å². The first-order valence-electron chi connectivity index (χ1n) is 6.12. The van der Waals surface area contributed by atoms with E-state index in [0.717, 1.165) is 28.7 Å². The summed E-state index contributed by atoms with van der Waals surface area (Å²) < 4.78 is 0.973. The Morgan fingerprint density at radius 2 is 2.06 bits per heavy atom. The van der Waals surface area contributed by atoms with Crippen molar-refractivity contribution in [1.82, 2.24) is 4.98 Å². The molecule has 0 saturated heterocycles. The van der Waals surface area contributed by atoms with Crippen molar-refractivity contribution in [2.24, 2.45) is 5.92 Å². The van der Waals surface area contributed by atoms with Crippen molar-refractivity contribution < 1.29 is 5.11 Å². The Morgan fingerprint density at radius 1 is 1.41 bits per heavy atom. The monoisotopic (exact) mass is 300 g/mol. The SMILES string of the molecule is CCC(CC)C(O)CNc1ncc(Br)cc1C. The lowest BCUT2D eigenvalue weighted by molar-refractivity contribution is 0.114. The average Bonchev–Trinajstić information content (AvgIpc) is 2.29. The van der Waals surface area contributed by atoms with Crippen LogP contribution in [0.3, 0.4) is 0 Å². The van der Waals surface area contributed by atoms with Crippen molar-refractivity contribution in [1.29, 1.82) is 0 Å². The third-order valence-electron chi connectivity index (χ3n) is 3.12. The van der Waals surface area contributed by atoms with Crippen molar-refractivity contribution in [3.8, 4) is 0 Å². The summed E-state index contributed by atoms with van der Waals surface area (Å²) in [7, 11) is 0. The highest BCUT2D eigenvalue weighted by Gasteiger charge is 2.15. The molecular formula is C13H21BrN2O. The molecule has 0 amide bonds. The lowest BCUT2D eigenvalue weighted by Gasteiger charge is -2.21. The van der Waals surface area contributed by atoms with Gasteiger partial charge in [-0.2, -0.15) is 0 Å². The predicted molar refractivity (Wildman–Crippen MR) is 75.2 cm³/mol. The number of aliphatic hydroxyl groups is 1. The number of aryl methyl sites for hydroxylation is 1. The van der Waals surface area contributed by atoms with E-state index in [1.165, 1.54) is 0 Å². The number of pyridine rings is 1. The average molecular weight is 301 g/mol. The summed E-state index contributed by atoms with van der Waals surface area (Å²) in [6.07, 6.45) is 3.46. The van der Waals surface area contributed by atoms with Gasteiger partial charge in [0.15, 0.2) is 0 Å². The molecule has 96 valence electrons. The minimum atomic E-state index is -0.310. The Balaban J connectivity index is 2.55. The van der Waals surface area contributed by atoms with E-state index in [4.69, 9.17) is 0 Å². The van der Waals surface area contributed by atoms with Crippen molar-refractivity contribution >= 4 is 21.7 Å². The molecule has 1 atom stereocenters. The van der Waals surface area contributed by atoms with Gasteiger partial charge in [0.05, 0.1) is 6.10 Å². The zero-order valence-corrected chi connectivity index (χ0v) is 12.3. The lowest BCUT2D eigenvalue weighted by Crippen LogP contribution is -2.28. The van der Waals surface area contributed by atoms with E-state index >= 15 is 0 Å². The van der Waals surface area contributed by atoms with E-state index in [0.29, 0.717) is 12.5 Å². The van der Waals surface area contributed by atoms with Crippen LogP contribution >= 0.6 is 15.9 Å². The summed E-state index contributed by atoms with van der Waals surface area (Å²) in [4.78, 5) is 4.29. The van der Waals surface area contributed by atoms with Gasteiger partial charge >= 0.3 is 0 Å². The molecule has 0 fully saturated rings. The van der Waals surface area contributed by atoms with Gasteiger partial charge in [0.2, 0.25) is 0 Å². The molecule has 1 rings (SSSR count). The standard InChI is InChI=1S/C13H21BrN2O/c1-4-10(5-2)12(17)8-16-13-9(3)6-11(14)7-15-13/h6-7,10,12,17H,4-5,8H2,1-3H3,(H,15,16). The molecular weight excluding hydrogens is 280 g/mol. The maximum Gasteiger partial charge on any atom is 0.129 e. The number of halogens is 1. The molecule has 0 aromatic carbocycles. The van der Waals surface area contributed by atoms with Gasteiger partial charge in [0, 0.05) is 17.2 Å². The topological polar surface area (TPSA) is 45.1 Å². The number of rotatable bonds is 6. The highest BCUT2D eigenvalue weighted by molar-refractivity contribution is 9.10. The van der Waals surface area contributed by atoms with Gasteiger partial charge in [0.1, 0.15) is 5.82 Å². The highest BCUT2D eigenvalue weighted by atomic mass is 79.9. The van der Waals surface area contributed by atoms with Gasteiger partial charge in [-0.3, -0.25) is 0 Å². The van der Waals surface area contributed by atoms with Crippen LogP contribution in [0, 0.1) is 12.8 Å². The quantitative estimate of drug-likeness (QED) is 0.847. The van der Waals surface area contributed by atoms with E-state index in [1.54, 1.807) is 6.20 Å². The minimum Gasteiger partial charge on any atom is -0.391 e. The third kappa shape index (κ3) is 4.28. The molecule has 0 radical (unpaired) electrons. The Morgan fingerprint density at radius 3 is 2.59 bits per heavy atom. The Labute approximate surface area is 112 Å². The van der Waals surface area contributed by atoms with Gasteiger partial charge < -0.3 is 10.4 Å². The van der Waals surface area contributed by atoms with E-state index in [1.807, 2.05) is 13.0 Å². The Hall–Kier alpha value is -0.610. The number of nitrogens with zero attached hydrogens (tertiary/aromatic N) is 1. The molecule has 1 heterocycles. The second-order valence-corrected chi connectivity index (χ2v) is 5.26. The first-order chi connectivity index (χ1) is 8.08. The van der Waals surface area contributed by atoms with Gasteiger partial charge in [-0.15, -0.1) is 0 Å². The molecule has 1 aromatic heterocycles. The number of hydrogen-bond acceptors (Lipinski definition) is 3. The van der Waals surface area contributed by atoms with Crippen LogP contribution in [0.4, 0.5) is 5.82 Å². The first-order valence-corrected chi connectivity index (χ1v) is 6.91. The largest absolute Gasteiger partial charge is 0.391 e. The maximum atomic E-state index is 10.0. The lowest BCUT2D eigenvalue weighted by atomic mass is 9.96. The van der Waals surface area contributed by atoms with Crippen LogP contribution in [-0.4, -0.2) is 22.7 Å². The number of aliphatic hydroxyl groups excluding tert-OH is 1. The number of hydrogen-bond donors (Lipinski definition) is 2. The van der Waals surface area contributed by atoms with Crippen molar-refractivity contribution in [2.75, 3.05) is 11.9 Å². The molecule has 0 bridgehead atoms. The zero-order valence-electron chi connectivity index (χ0n) is 10.7. The van der Waals surface area contributed by atoms with Crippen LogP contribution < -0.4 is 5.32 Å². The van der Waals surface area contributed by atoms with Crippen molar-refractivity contribution in [3.63, 3.8) is 0 Å². The molecule has 0 aliphatic carbocycles. The Kier molecular flexibility index (Phi) is 5.92. The van der Waals surface area contributed by atoms with Gasteiger partial charge in [-0.25, -0.2) is 4.98 Å². The van der Waals surface area contributed by atoms with Gasteiger partial charge in [-0.05, 0) is 40.4 Å². The van der Waals surface area contributed by atoms with Crippen LogP contribution in [0.15, 0.2) is 16.7 Å². The summed E-state index contributed by atoms with van der Waals surface area (Å²) in [6, 6.07) is 2.01. The normalized spacial score (nSPS) is 12.8. The van der Waals surface area contributed by atoms with E-state index in [2.05, 4.69) is 40.1 Å². The molecule has 4 heteroatoms. The molecule has 1 unspecified atom stereocenters. The molecule has 0 saturated carbocycles. The molecule has 2 N–H and O–H groups in total. The fourth-order valence-corrected chi connectivity index (χ4v) is 2.37. The Bertz CT molecular complexity index is 353. The van der Waals surface area contributed by atoms with Crippen LogP contribution in [0.2, 0.25) is 0 Å². The summed E-state index contributed by atoms with van der Waals surface area (Å²) in [5.74, 6) is 1.21. The van der Waals surface area contributed by atoms with Crippen molar-refractivity contribution in [3.05, 3.63) is 22.3 Å². The van der Waals surface area contributed by atoms with Crippen LogP contribution in [-0.2, 0) is 0 Å². The van der Waals surface area contributed by atoms with Crippen LogP contribution in [0.25, 0.3) is 0 Å². The molecule has 1 aromatic rings. The number of nitrogens with one attached hydrogen (secondary N) is 1. The predicted octanol–water partition coefficient (Wildman–Crippen LogP) is 3.36. The van der Waals surface area contributed by atoms with E-state index in [-0.39, 0.29) is 6.10 Å². The van der Waals surface area contributed by atoms with Crippen molar-refractivity contribution in [2.45, 2.75) is 39.7 Å². The molecule has 3 nitrogen and oxygen atoms in total. The van der Waals surface area contributed by atoms with E-state index < -0.39 is 0 Å². The minimum absolute atomic E-state index is 0.310. The fourth-order valence-electron chi connectivity index (χ4n) is 1.93. The summed E-state index contributed by atoms with van der Waals surface area (Å²) in [5.41, 5.74) is 1.08. The number of anilines is 1. The molecule has 17 heavy (non-hydrogen) atoms. The smallest absolute Gasteiger partial charge is 0.129 e. The maximum absolute atomic E-state index is 10.0. The fraction of sp³-hybridized carbons (Fsp3) is 0.615. The number of aromatic nitrogens is 1. The molecule has 0 aliphatic rings. The third-order valence-corrected chi connectivity index (χ3v) is 3.55. The zero-order chi connectivity index (χ0) is 12.8. The second kappa shape index (κ2) is 6.97. The van der Waals surface area contributed by atoms with E-state index in [9.17, 15) is 5.11 Å². The summed E-state index contributed by atoms with van der Waals surface area (Å²) in [6.45, 7) is 6.78. The molecule has 0 spiro atoms. The summed E-state index contributed by atoms with van der Waals surface area (Å²) >= 11 is 3.38. The molecule has 0 aliphatic heterocycles. The first kappa shape index (κ1) is 14.5. The highest BCUT2D eigenvalue weighted by Crippen LogP contribution is 2.18. The summed E-state index contributed by atoms with van der Waals surface area (Å²) in [5, 5.41) is 13.2. The van der Waals surface area contributed by atoms with Gasteiger partial charge in [0.25, 0.3) is 0 Å². The van der Waals surface area contributed by atoms with Crippen LogP contribution in [0.1, 0.15) is 32.3 Å².